The number of Topliss-reactive ketones (excluding diaryl/α,β-unsaturated/α-hetero) is 1. The van der Waals surface area contributed by atoms with Crippen LogP contribution in [0.3, 0.4) is 0 Å². The molecule has 0 N–H and O–H groups in total. The summed E-state index contributed by atoms with van der Waals surface area (Å²) in [5.41, 5.74) is 0. The quantitative estimate of drug-likeness (QED) is 0.703. The Labute approximate surface area is 101 Å². The average molecular weight is 268 g/mol. The molecule has 0 spiro atoms. The molecule has 0 aliphatic heterocycles. The number of imidazole rings is 1. The Bertz CT molecular complexity index is 406. The Morgan fingerprint density at radius 2 is 2.22 bits per heavy atom. The van der Waals surface area contributed by atoms with Gasteiger partial charge in [0, 0.05) is 19.4 Å². The van der Waals surface area contributed by atoms with E-state index in [4.69, 9.17) is 0 Å². The lowest BCUT2D eigenvalue weighted by Crippen LogP contribution is -2.33. The molecule has 0 aliphatic rings. The molecule has 0 fully saturated rings. The average Bonchev–Trinajstić information content (AvgIpc) is 2.64. The van der Waals surface area contributed by atoms with Gasteiger partial charge in [-0.1, -0.05) is 0 Å². The number of nitrogens with zero attached hydrogens (tertiary/aromatic N) is 2. The number of ether oxygens (including phenoxy) is 1. The maximum absolute atomic E-state index is 12.4. The molecule has 1 aromatic heterocycles. The fraction of sp³-hybridized carbons (Fsp3) is 0.600. The topological polar surface area (TPSA) is 44.1 Å². The molecule has 18 heavy (non-hydrogen) atoms. The van der Waals surface area contributed by atoms with Crippen molar-refractivity contribution in [2.24, 2.45) is 7.05 Å². The summed E-state index contributed by atoms with van der Waals surface area (Å²) in [5.74, 6) is -4.29. The third-order valence-corrected chi connectivity index (χ3v) is 2.15. The molecule has 1 aromatic rings. The molecule has 0 unspecified atom stereocenters. The summed E-state index contributed by atoms with van der Waals surface area (Å²) < 4.78 is 54.3. The zero-order valence-electron chi connectivity index (χ0n) is 9.58. The molecule has 1 heterocycles. The largest absolute Gasteiger partial charge is 0.367 e. The minimum atomic E-state index is -4.23. The SMILES string of the molecule is Cn1ccnc1CC(=O)COCC(F)(F)C(F)F. The van der Waals surface area contributed by atoms with Crippen molar-refractivity contribution in [3.05, 3.63) is 18.2 Å². The maximum Gasteiger partial charge on any atom is 0.330 e. The predicted molar refractivity (Wildman–Crippen MR) is 53.7 cm³/mol. The van der Waals surface area contributed by atoms with E-state index in [2.05, 4.69) is 9.72 Å². The van der Waals surface area contributed by atoms with E-state index < -0.39 is 31.3 Å². The van der Waals surface area contributed by atoms with Crippen LogP contribution in [0.4, 0.5) is 17.6 Å². The summed E-state index contributed by atoms with van der Waals surface area (Å²) in [6.45, 7) is -2.12. The number of halogens is 4. The summed E-state index contributed by atoms with van der Waals surface area (Å²) in [6.07, 6.45) is -0.797. The van der Waals surface area contributed by atoms with Crippen molar-refractivity contribution in [2.45, 2.75) is 18.8 Å². The van der Waals surface area contributed by atoms with Gasteiger partial charge in [0.1, 0.15) is 19.0 Å². The predicted octanol–water partition coefficient (Wildman–Crippen LogP) is 1.45. The van der Waals surface area contributed by atoms with Crippen molar-refractivity contribution >= 4 is 5.78 Å². The maximum atomic E-state index is 12.4. The van der Waals surface area contributed by atoms with E-state index in [1.54, 1.807) is 17.8 Å². The molecular formula is C10H12F4N2O2. The summed E-state index contributed by atoms with van der Waals surface area (Å²) >= 11 is 0. The highest BCUT2D eigenvalue weighted by Crippen LogP contribution is 2.22. The second-order valence-corrected chi connectivity index (χ2v) is 3.72. The van der Waals surface area contributed by atoms with Gasteiger partial charge in [-0.25, -0.2) is 13.8 Å². The summed E-state index contributed by atoms with van der Waals surface area (Å²) in [5, 5.41) is 0. The number of carbonyl (C=O) groups excluding carboxylic acids is 1. The zero-order valence-corrected chi connectivity index (χ0v) is 9.58. The monoisotopic (exact) mass is 268 g/mol. The van der Waals surface area contributed by atoms with Crippen molar-refractivity contribution in [1.29, 1.82) is 0 Å². The van der Waals surface area contributed by atoms with Crippen LogP contribution in [0.5, 0.6) is 0 Å². The molecule has 102 valence electrons. The van der Waals surface area contributed by atoms with Gasteiger partial charge in [0.05, 0.1) is 6.42 Å². The van der Waals surface area contributed by atoms with Gasteiger partial charge >= 0.3 is 12.3 Å². The number of alkyl halides is 4. The van der Waals surface area contributed by atoms with Crippen LogP contribution >= 0.6 is 0 Å². The standard InChI is InChI=1S/C10H12F4N2O2/c1-16-3-2-15-8(16)4-7(17)5-18-6-10(13,14)9(11)12/h2-3,9H,4-6H2,1H3. The second-order valence-electron chi connectivity index (χ2n) is 3.72. The van der Waals surface area contributed by atoms with Gasteiger partial charge < -0.3 is 9.30 Å². The van der Waals surface area contributed by atoms with Crippen LogP contribution in [0.2, 0.25) is 0 Å². The lowest BCUT2D eigenvalue weighted by atomic mass is 10.3. The van der Waals surface area contributed by atoms with Crippen molar-refractivity contribution in [3.63, 3.8) is 0 Å². The zero-order chi connectivity index (χ0) is 13.8. The van der Waals surface area contributed by atoms with Crippen LogP contribution in [0.25, 0.3) is 0 Å². The van der Waals surface area contributed by atoms with Crippen LogP contribution in [0.15, 0.2) is 12.4 Å². The highest BCUT2D eigenvalue weighted by Gasteiger charge is 2.41. The highest BCUT2D eigenvalue weighted by molar-refractivity contribution is 5.81. The van der Waals surface area contributed by atoms with Crippen LogP contribution < -0.4 is 0 Å². The summed E-state index contributed by atoms with van der Waals surface area (Å²) in [6, 6.07) is 0. The Kier molecular flexibility index (Phi) is 4.83. The number of aryl methyl sites for hydroxylation is 1. The van der Waals surface area contributed by atoms with E-state index in [0.717, 1.165) is 0 Å². The van der Waals surface area contributed by atoms with Crippen molar-refractivity contribution < 1.29 is 27.1 Å². The Morgan fingerprint density at radius 3 is 2.72 bits per heavy atom. The second kappa shape index (κ2) is 5.94. The minimum Gasteiger partial charge on any atom is -0.367 e. The Hall–Kier alpha value is -1.44. The van der Waals surface area contributed by atoms with Crippen LogP contribution in [-0.4, -0.2) is 40.9 Å². The van der Waals surface area contributed by atoms with E-state index >= 15 is 0 Å². The van der Waals surface area contributed by atoms with Crippen LogP contribution in [0, 0.1) is 0 Å². The van der Waals surface area contributed by atoms with E-state index in [0.29, 0.717) is 5.82 Å². The fourth-order valence-corrected chi connectivity index (χ4v) is 1.16. The summed E-state index contributed by atoms with van der Waals surface area (Å²) in [4.78, 5) is 15.2. The number of hydrogen-bond donors (Lipinski definition) is 0. The number of rotatable bonds is 7. The van der Waals surface area contributed by atoms with E-state index in [9.17, 15) is 22.4 Å². The highest BCUT2D eigenvalue weighted by atomic mass is 19.3. The van der Waals surface area contributed by atoms with Gasteiger partial charge in [0.2, 0.25) is 0 Å². The first-order chi connectivity index (χ1) is 8.33. The van der Waals surface area contributed by atoms with Gasteiger partial charge in [0.15, 0.2) is 5.78 Å². The molecule has 8 heteroatoms. The Morgan fingerprint density at radius 1 is 1.56 bits per heavy atom. The first-order valence-corrected chi connectivity index (χ1v) is 5.04. The van der Waals surface area contributed by atoms with Crippen LogP contribution in [0.1, 0.15) is 5.82 Å². The molecular weight excluding hydrogens is 256 g/mol. The van der Waals surface area contributed by atoms with Gasteiger partial charge in [-0.3, -0.25) is 4.79 Å². The molecule has 1 rings (SSSR count). The van der Waals surface area contributed by atoms with Crippen LogP contribution in [-0.2, 0) is 23.0 Å². The molecule has 0 saturated carbocycles. The first-order valence-electron chi connectivity index (χ1n) is 5.04. The normalized spacial score (nSPS) is 12.1. The third-order valence-electron chi connectivity index (χ3n) is 2.15. The summed E-state index contributed by atoms with van der Waals surface area (Å²) in [7, 11) is 1.67. The molecule has 0 aliphatic carbocycles. The molecule has 0 saturated heterocycles. The number of aromatic nitrogens is 2. The van der Waals surface area contributed by atoms with Crippen molar-refractivity contribution in [2.75, 3.05) is 13.2 Å². The smallest absolute Gasteiger partial charge is 0.330 e. The van der Waals surface area contributed by atoms with Gasteiger partial charge in [-0.05, 0) is 0 Å². The number of hydrogen-bond acceptors (Lipinski definition) is 3. The van der Waals surface area contributed by atoms with Crippen molar-refractivity contribution in [3.8, 4) is 0 Å². The number of ketones is 1. The molecule has 0 atom stereocenters. The minimum absolute atomic E-state index is 0.0935. The third kappa shape index (κ3) is 4.10. The molecule has 4 nitrogen and oxygen atoms in total. The molecule has 0 aromatic carbocycles. The van der Waals surface area contributed by atoms with E-state index in [1.807, 2.05) is 0 Å². The Balaban J connectivity index is 2.32. The van der Waals surface area contributed by atoms with E-state index in [-0.39, 0.29) is 6.42 Å². The number of carbonyl (C=O) groups is 1. The molecule has 0 radical (unpaired) electrons. The first kappa shape index (κ1) is 14.6. The lowest BCUT2D eigenvalue weighted by molar-refractivity contribution is -0.168. The van der Waals surface area contributed by atoms with Gasteiger partial charge in [0.25, 0.3) is 0 Å². The van der Waals surface area contributed by atoms with Gasteiger partial charge in [-0.15, -0.1) is 0 Å². The molecule has 0 bridgehead atoms. The van der Waals surface area contributed by atoms with Gasteiger partial charge in [-0.2, -0.15) is 8.78 Å². The lowest BCUT2D eigenvalue weighted by Gasteiger charge is -2.14. The fourth-order valence-electron chi connectivity index (χ4n) is 1.16. The van der Waals surface area contributed by atoms with E-state index in [1.165, 1.54) is 6.20 Å². The van der Waals surface area contributed by atoms with Crippen molar-refractivity contribution in [1.82, 2.24) is 9.55 Å². The molecule has 0 amide bonds.